The van der Waals surface area contributed by atoms with Crippen LogP contribution in [0.15, 0.2) is 0 Å². The van der Waals surface area contributed by atoms with Crippen molar-refractivity contribution in [2.24, 2.45) is 5.73 Å². The Hall–Kier alpha value is -0.120. The van der Waals surface area contributed by atoms with Crippen LogP contribution in [0.2, 0.25) is 0 Å². The molecule has 0 aliphatic rings. The highest BCUT2D eigenvalue weighted by atomic mass is 16.3. The highest BCUT2D eigenvalue weighted by molar-refractivity contribution is 4.57. The van der Waals surface area contributed by atoms with E-state index in [1.165, 1.54) is 0 Å². The Balaban J connectivity index is 3.53. The van der Waals surface area contributed by atoms with Gasteiger partial charge in [-0.15, -0.1) is 0 Å². The fourth-order valence-corrected chi connectivity index (χ4v) is 0.977. The third-order valence-corrected chi connectivity index (χ3v) is 1.66. The summed E-state index contributed by atoms with van der Waals surface area (Å²) in [5.74, 6) is 0. The molecule has 3 heteroatoms. The van der Waals surface area contributed by atoms with Gasteiger partial charge >= 0.3 is 0 Å². The number of hydrogen-bond donors (Lipinski definition) is 2. The lowest BCUT2D eigenvalue weighted by molar-refractivity contribution is 0.00657. The summed E-state index contributed by atoms with van der Waals surface area (Å²) in [5, 5.41) is 9.35. The Morgan fingerprint density at radius 3 is 2.20 bits per heavy atom. The van der Waals surface area contributed by atoms with Crippen LogP contribution in [0.25, 0.3) is 0 Å². The molecule has 0 fully saturated rings. The van der Waals surface area contributed by atoms with Crippen molar-refractivity contribution in [3.63, 3.8) is 0 Å². The first-order valence-corrected chi connectivity index (χ1v) is 3.88. The predicted octanol–water partition coefficient (Wildman–Crippen LogP) is -0.00460. The van der Waals surface area contributed by atoms with Crippen LogP contribution in [0.1, 0.15) is 20.3 Å². The summed E-state index contributed by atoms with van der Waals surface area (Å²) in [6.07, 6.45) is 0.321. The zero-order valence-electron chi connectivity index (χ0n) is 6.88. The second-order valence-corrected chi connectivity index (χ2v) is 2.28. The first kappa shape index (κ1) is 9.88. The fraction of sp³-hybridized carbons (Fsp3) is 1.00. The third-order valence-electron chi connectivity index (χ3n) is 1.66. The lowest BCUT2D eigenvalue weighted by atomic mass is 10.3. The fourth-order valence-electron chi connectivity index (χ4n) is 0.977. The zero-order chi connectivity index (χ0) is 7.98. The number of nitrogens with zero attached hydrogens (tertiary/aromatic N) is 1. The lowest BCUT2D eigenvalue weighted by Gasteiger charge is -2.24. The Labute approximate surface area is 62.8 Å². The highest BCUT2D eigenvalue weighted by Gasteiger charge is 2.09. The third kappa shape index (κ3) is 3.15. The largest absolute Gasteiger partial charge is 0.378 e. The normalized spacial score (nSPS) is 14.1. The quantitative estimate of drug-likeness (QED) is 0.537. The molecule has 1 atom stereocenters. The van der Waals surface area contributed by atoms with Gasteiger partial charge in [0.1, 0.15) is 6.23 Å². The number of hydrogen-bond acceptors (Lipinski definition) is 3. The van der Waals surface area contributed by atoms with Crippen LogP contribution in [0, 0.1) is 0 Å². The van der Waals surface area contributed by atoms with E-state index in [9.17, 15) is 5.11 Å². The summed E-state index contributed by atoms with van der Waals surface area (Å²) in [6, 6.07) is 0. The van der Waals surface area contributed by atoms with Crippen LogP contribution in [-0.4, -0.2) is 35.9 Å². The maximum absolute atomic E-state index is 9.35. The number of nitrogens with two attached hydrogens (primary N) is 1. The molecule has 0 aromatic rings. The minimum atomic E-state index is -0.347. The van der Waals surface area contributed by atoms with Crippen LogP contribution in [0.5, 0.6) is 0 Å². The van der Waals surface area contributed by atoms with Crippen molar-refractivity contribution in [1.82, 2.24) is 4.90 Å². The van der Waals surface area contributed by atoms with E-state index in [4.69, 9.17) is 5.73 Å². The highest BCUT2D eigenvalue weighted by Crippen LogP contribution is 1.97. The average molecular weight is 146 g/mol. The maximum atomic E-state index is 9.35. The topological polar surface area (TPSA) is 49.5 Å². The van der Waals surface area contributed by atoms with Gasteiger partial charge in [0.05, 0.1) is 0 Å². The zero-order valence-corrected chi connectivity index (χ0v) is 6.88. The van der Waals surface area contributed by atoms with Crippen LogP contribution in [0.3, 0.4) is 0 Å². The van der Waals surface area contributed by atoms with Gasteiger partial charge in [-0.05, 0) is 26.1 Å². The van der Waals surface area contributed by atoms with E-state index in [2.05, 4.69) is 0 Å². The molecule has 0 aromatic heterocycles. The first-order valence-electron chi connectivity index (χ1n) is 3.88. The van der Waals surface area contributed by atoms with E-state index in [0.29, 0.717) is 13.0 Å². The molecule has 10 heavy (non-hydrogen) atoms. The SMILES string of the molecule is CCN(CC)C(O)CCN. The second kappa shape index (κ2) is 5.65. The van der Waals surface area contributed by atoms with Crippen molar-refractivity contribution in [2.45, 2.75) is 26.5 Å². The molecule has 0 spiro atoms. The molecular weight excluding hydrogens is 128 g/mol. The molecule has 0 saturated heterocycles. The Morgan fingerprint density at radius 2 is 1.90 bits per heavy atom. The van der Waals surface area contributed by atoms with E-state index in [1.54, 1.807) is 0 Å². The van der Waals surface area contributed by atoms with Gasteiger partial charge in [-0.2, -0.15) is 0 Å². The molecule has 0 radical (unpaired) electrons. The van der Waals surface area contributed by atoms with Gasteiger partial charge < -0.3 is 10.8 Å². The molecule has 0 aliphatic heterocycles. The van der Waals surface area contributed by atoms with Crippen molar-refractivity contribution in [3.05, 3.63) is 0 Å². The molecule has 0 amide bonds. The van der Waals surface area contributed by atoms with Crippen LogP contribution >= 0.6 is 0 Å². The van der Waals surface area contributed by atoms with Crippen molar-refractivity contribution < 1.29 is 5.11 Å². The van der Waals surface area contributed by atoms with Gasteiger partial charge in [0, 0.05) is 0 Å². The first-order chi connectivity index (χ1) is 4.76. The second-order valence-electron chi connectivity index (χ2n) is 2.28. The van der Waals surface area contributed by atoms with E-state index in [0.717, 1.165) is 13.1 Å². The Kier molecular flexibility index (Phi) is 5.58. The molecule has 0 aromatic carbocycles. The van der Waals surface area contributed by atoms with Crippen molar-refractivity contribution in [2.75, 3.05) is 19.6 Å². The van der Waals surface area contributed by atoms with Crippen molar-refractivity contribution in [1.29, 1.82) is 0 Å². The number of rotatable bonds is 5. The van der Waals surface area contributed by atoms with E-state index in [1.807, 2.05) is 18.7 Å². The average Bonchev–Trinajstić information content (AvgIpc) is 1.91. The summed E-state index contributed by atoms with van der Waals surface area (Å²) < 4.78 is 0. The Morgan fingerprint density at radius 1 is 1.40 bits per heavy atom. The van der Waals surface area contributed by atoms with Crippen LogP contribution in [0.4, 0.5) is 0 Å². The van der Waals surface area contributed by atoms with Crippen molar-refractivity contribution in [3.8, 4) is 0 Å². The summed E-state index contributed by atoms with van der Waals surface area (Å²) in [7, 11) is 0. The summed E-state index contributed by atoms with van der Waals surface area (Å²) in [6.45, 7) is 6.39. The standard InChI is InChI=1S/C7H18N2O/c1-3-9(4-2)7(10)5-6-8/h7,10H,3-6,8H2,1-2H3. The maximum Gasteiger partial charge on any atom is 0.108 e. The smallest absolute Gasteiger partial charge is 0.108 e. The molecule has 62 valence electrons. The molecular formula is C7H18N2O. The van der Waals surface area contributed by atoms with Gasteiger partial charge in [0.25, 0.3) is 0 Å². The molecule has 0 bridgehead atoms. The lowest BCUT2D eigenvalue weighted by Crippen LogP contribution is -2.36. The monoisotopic (exact) mass is 146 g/mol. The van der Waals surface area contributed by atoms with Gasteiger partial charge in [0.2, 0.25) is 0 Å². The van der Waals surface area contributed by atoms with Gasteiger partial charge in [-0.1, -0.05) is 13.8 Å². The van der Waals surface area contributed by atoms with E-state index in [-0.39, 0.29) is 6.23 Å². The molecule has 3 N–H and O–H groups in total. The van der Waals surface area contributed by atoms with Gasteiger partial charge in [-0.25, -0.2) is 0 Å². The molecule has 0 heterocycles. The number of aliphatic hydroxyl groups excluding tert-OH is 1. The minimum absolute atomic E-state index is 0.347. The Bertz CT molecular complexity index is 74.0. The minimum Gasteiger partial charge on any atom is -0.378 e. The molecule has 0 saturated carbocycles. The molecule has 1 unspecified atom stereocenters. The number of aliphatic hydroxyl groups is 1. The van der Waals surface area contributed by atoms with E-state index < -0.39 is 0 Å². The van der Waals surface area contributed by atoms with Crippen LogP contribution in [-0.2, 0) is 0 Å². The summed E-state index contributed by atoms with van der Waals surface area (Å²) >= 11 is 0. The van der Waals surface area contributed by atoms with Crippen LogP contribution < -0.4 is 5.73 Å². The predicted molar refractivity (Wildman–Crippen MR) is 42.6 cm³/mol. The molecule has 0 rings (SSSR count). The van der Waals surface area contributed by atoms with Gasteiger partial charge in [-0.3, -0.25) is 4.90 Å². The van der Waals surface area contributed by atoms with Crippen molar-refractivity contribution >= 4 is 0 Å². The molecule has 0 aliphatic carbocycles. The van der Waals surface area contributed by atoms with E-state index >= 15 is 0 Å². The summed E-state index contributed by atoms with van der Waals surface area (Å²) in [4.78, 5) is 1.98. The molecule has 3 nitrogen and oxygen atoms in total. The summed E-state index contributed by atoms with van der Waals surface area (Å²) in [5.41, 5.74) is 5.29. The van der Waals surface area contributed by atoms with Gasteiger partial charge in [0.15, 0.2) is 0 Å².